The van der Waals surface area contributed by atoms with Crippen molar-refractivity contribution in [3.63, 3.8) is 0 Å². The van der Waals surface area contributed by atoms with Gasteiger partial charge in [0.25, 0.3) is 0 Å². The monoisotopic (exact) mass is 214 g/mol. The SMILES string of the molecule is CC=C(C)C(=O)O.CC=C(CC)C(=O)O. The van der Waals surface area contributed by atoms with Crippen LogP contribution in [-0.2, 0) is 9.59 Å². The lowest BCUT2D eigenvalue weighted by atomic mass is 10.2. The van der Waals surface area contributed by atoms with Gasteiger partial charge in [0.15, 0.2) is 0 Å². The highest BCUT2D eigenvalue weighted by Crippen LogP contribution is 1.97. The van der Waals surface area contributed by atoms with E-state index in [0.717, 1.165) is 0 Å². The second-order valence-corrected chi connectivity index (χ2v) is 2.75. The van der Waals surface area contributed by atoms with Crippen LogP contribution in [0.3, 0.4) is 0 Å². The first-order valence-corrected chi connectivity index (χ1v) is 4.65. The third-order valence-corrected chi connectivity index (χ3v) is 1.77. The van der Waals surface area contributed by atoms with Crippen LogP contribution < -0.4 is 0 Å². The molecule has 0 aliphatic heterocycles. The first-order valence-electron chi connectivity index (χ1n) is 4.65. The van der Waals surface area contributed by atoms with E-state index in [1.54, 1.807) is 32.9 Å². The van der Waals surface area contributed by atoms with Gasteiger partial charge in [-0.05, 0) is 27.2 Å². The summed E-state index contributed by atoms with van der Waals surface area (Å²) in [6, 6.07) is 0. The molecule has 0 unspecified atom stereocenters. The Bertz CT molecular complexity index is 274. The molecule has 0 aromatic rings. The average Bonchev–Trinajstić information content (AvgIpc) is 2.18. The van der Waals surface area contributed by atoms with Crippen molar-refractivity contribution in [2.45, 2.75) is 34.1 Å². The fourth-order valence-electron chi connectivity index (χ4n) is 0.602. The van der Waals surface area contributed by atoms with E-state index in [1.165, 1.54) is 0 Å². The molecular formula is C11H18O4. The maximum Gasteiger partial charge on any atom is 0.331 e. The van der Waals surface area contributed by atoms with E-state index in [0.29, 0.717) is 17.6 Å². The van der Waals surface area contributed by atoms with Crippen LogP contribution in [0, 0.1) is 0 Å². The van der Waals surface area contributed by atoms with Crippen molar-refractivity contribution in [3.05, 3.63) is 23.3 Å². The zero-order valence-corrected chi connectivity index (χ0v) is 9.57. The van der Waals surface area contributed by atoms with Crippen molar-refractivity contribution in [3.8, 4) is 0 Å². The van der Waals surface area contributed by atoms with E-state index in [9.17, 15) is 9.59 Å². The highest BCUT2D eigenvalue weighted by molar-refractivity contribution is 5.86. The van der Waals surface area contributed by atoms with Gasteiger partial charge in [-0.2, -0.15) is 0 Å². The Balaban J connectivity index is 0. The van der Waals surface area contributed by atoms with Gasteiger partial charge in [-0.15, -0.1) is 0 Å². The maximum atomic E-state index is 10.1. The van der Waals surface area contributed by atoms with Gasteiger partial charge in [-0.1, -0.05) is 19.1 Å². The van der Waals surface area contributed by atoms with Crippen molar-refractivity contribution in [2.24, 2.45) is 0 Å². The van der Waals surface area contributed by atoms with Crippen molar-refractivity contribution in [2.75, 3.05) is 0 Å². The molecule has 4 heteroatoms. The quantitative estimate of drug-likeness (QED) is 0.708. The number of carboxylic acid groups (broad SMARTS) is 2. The van der Waals surface area contributed by atoms with Gasteiger partial charge in [0.1, 0.15) is 0 Å². The smallest absolute Gasteiger partial charge is 0.331 e. The van der Waals surface area contributed by atoms with Crippen LogP contribution in [-0.4, -0.2) is 22.2 Å². The van der Waals surface area contributed by atoms with E-state index in [2.05, 4.69) is 0 Å². The van der Waals surface area contributed by atoms with Crippen LogP contribution >= 0.6 is 0 Å². The van der Waals surface area contributed by atoms with Gasteiger partial charge in [0, 0.05) is 11.1 Å². The minimum absolute atomic E-state index is 0.389. The van der Waals surface area contributed by atoms with Crippen LogP contribution in [0.4, 0.5) is 0 Å². The van der Waals surface area contributed by atoms with Crippen LogP contribution in [0.1, 0.15) is 34.1 Å². The van der Waals surface area contributed by atoms with Crippen molar-refractivity contribution in [1.82, 2.24) is 0 Å². The summed E-state index contributed by atoms with van der Waals surface area (Å²) in [4.78, 5) is 20.0. The zero-order valence-electron chi connectivity index (χ0n) is 9.57. The molecule has 0 rings (SSSR count). The molecule has 0 fully saturated rings. The molecule has 0 aliphatic carbocycles. The summed E-state index contributed by atoms with van der Waals surface area (Å²) in [6.07, 6.45) is 3.77. The lowest BCUT2D eigenvalue weighted by Gasteiger charge is -1.91. The Morgan fingerprint density at radius 2 is 1.53 bits per heavy atom. The number of rotatable bonds is 3. The number of aliphatic carboxylic acids is 2. The van der Waals surface area contributed by atoms with Crippen LogP contribution in [0.5, 0.6) is 0 Å². The summed E-state index contributed by atoms with van der Waals surface area (Å²) in [7, 11) is 0. The Morgan fingerprint density at radius 1 is 1.07 bits per heavy atom. The molecular weight excluding hydrogens is 196 g/mol. The first-order chi connectivity index (χ1) is 6.90. The lowest BCUT2D eigenvalue weighted by molar-refractivity contribution is -0.133. The van der Waals surface area contributed by atoms with Crippen LogP contribution in [0.2, 0.25) is 0 Å². The van der Waals surface area contributed by atoms with Gasteiger partial charge in [0.2, 0.25) is 0 Å². The van der Waals surface area contributed by atoms with Crippen molar-refractivity contribution >= 4 is 11.9 Å². The van der Waals surface area contributed by atoms with E-state index < -0.39 is 11.9 Å². The van der Waals surface area contributed by atoms with Gasteiger partial charge in [0.05, 0.1) is 0 Å². The summed E-state index contributed by atoms with van der Waals surface area (Å²) in [5.74, 6) is -1.66. The summed E-state index contributed by atoms with van der Waals surface area (Å²) in [5, 5.41) is 16.4. The van der Waals surface area contributed by atoms with Gasteiger partial charge in [-0.25, -0.2) is 9.59 Å². The molecule has 0 aromatic heterocycles. The molecule has 0 aromatic carbocycles. The summed E-state index contributed by atoms with van der Waals surface area (Å²) < 4.78 is 0. The van der Waals surface area contributed by atoms with E-state index >= 15 is 0 Å². The number of allylic oxidation sites excluding steroid dienone is 2. The third kappa shape index (κ3) is 8.74. The molecule has 0 amide bonds. The third-order valence-electron chi connectivity index (χ3n) is 1.77. The average molecular weight is 214 g/mol. The molecule has 86 valence electrons. The molecule has 4 nitrogen and oxygen atoms in total. The predicted molar refractivity (Wildman–Crippen MR) is 58.8 cm³/mol. The lowest BCUT2D eigenvalue weighted by Crippen LogP contribution is -1.97. The Morgan fingerprint density at radius 3 is 1.53 bits per heavy atom. The number of hydrogen-bond acceptors (Lipinski definition) is 2. The molecule has 0 heterocycles. The van der Waals surface area contributed by atoms with E-state index in [4.69, 9.17) is 10.2 Å². The van der Waals surface area contributed by atoms with Gasteiger partial charge >= 0.3 is 11.9 Å². The van der Waals surface area contributed by atoms with Crippen LogP contribution in [0.15, 0.2) is 23.3 Å². The normalized spacial score (nSPS) is 11.5. The van der Waals surface area contributed by atoms with E-state index in [1.807, 2.05) is 6.92 Å². The van der Waals surface area contributed by atoms with Crippen molar-refractivity contribution in [1.29, 1.82) is 0 Å². The molecule has 0 bridgehead atoms. The van der Waals surface area contributed by atoms with E-state index in [-0.39, 0.29) is 0 Å². The first kappa shape index (κ1) is 15.9. The highest BCUT2D eigenvalue weighted by atomic mass is 16.4. The van der Waals surface area contributed by atoms with Crippen LogP contribution in [0.25, 0.3) is 0 Å². The van der Waals surface area contributed by atoms with Gasteiger partial charge < -0.3 is 10.2 Å². The van der Waals surface area contributed by atoms with Crippen molar-refractivity contribution < 1.29 is 19.8 Å². The molecule has 0 saturated carbocycles. The molecule has 0 saturated heterocycles. The molecule has 0 aliphatic rings. The number of hydrogen-bond donors (Lipinski definition) is 2. The molecule has 15 heavy (non-hydrogen) atoms. The minimum atomic E-state index is -0.845. The number of carbonyl (C=O) groups is 2. The Kier molecular flexibility index (Phi) is 9.52. The Labute approximate surface area is 89.9 Å². The Hall–Kier alpha value is -1.58. The maximum absolute atomic E-state index is 10.1. The molecule has 0 atom stereocenters. The highest BCUT2D eigenvalue weighted by Gasteiger charge is 1.99. The van der Waals surface area contributed by atoms with Gasteiger partial charge in [-0.3, -0.25) is 0 Å². The molecule has 0 spiro atoms. The topological polar surface area (TPSA) is 74.6 Å². The number of carboxylic acids is 2. The molecule has 2 N–H and O–H groups in total. The largest absolute Gasteiger partial charge is 0.478 e. The second-order valence-electron chi connectivity index (χ2n) is 2.75. The summed E-state index contributed by atoms with van der Waals surface area (Å²) in [5.41, 5.74) is 0.866. The minimum Gasteiger partial charge on any atom is -0.478 e. The summed E-state index contributed by atoms with van der Waals surface area (Å²) in [6.45, 7) is 6.81. The second kappa shape index (κ2) is 8.99. The predicted octanol–water partition coefficient (Wildman–Crippen LogP) is 2.46. The standard InChI is InChI=1S/C6H10O2.C5H8O2/c1-3-5(4-2)6(7)8;1-3-4(2)5(6)7/h3H,4H2,1-2H3,(H,7,8);3H,1-2H3,(H,6,7). The fraction of sp³-hybridized carbons (Fsp3) is 0.455. The zero-order chi connectivity index (χ0) is 12.4. The fourth-order valence-corrected chi connectivity index (χ4v) is 0.602. The molecule has 0 radical (unpaired) electrons. The summed E-state index contributed by atoms with van der Waals surface area (Å²) >= 11 is 0.